The van der Waals surface area contributed by atoms with Crippen molar-refractivity contribution in [2.75, 3.05) is 5.32 Å². The van der Waals surface area contributed by atoms with E-state index < -0.39 is 28.8 Å². The summed E-state index contributed by atoms with van der Waals surface area (Å²) >= 11 is 5.90. The van der Waals surface area contributed by atoms with Crippen LogP contribution in [0.25, 0.3) is 10.8 Å². The van der Waals surface area contributed by atoms with Crippen LogP contribution in [0.3, 0.4) is 0 Å². The van der Waals surface area contributed by atoms with Gasteiger partial charge in [-0.25, -0.2) is 5.10 Å². The Morgan fingerprint density at radius 3 is 2.56 bits per heavy atom. The number of carbonyl (C=O) groups excluding carboxylic acids is 1. The highest BCUT2D eigenvalue weighted by Gasteiger charge is 2.34. The Morgan fingerprint density at radius 1 is 1.12 bits per heavy atom. The molecule has 5 nitrogen and oxygen atoms in total. The third kappa shape index (κ3) is 3.34. The van der Waals surface area contributed by atoms with Crippen molar-refractivity contribution in [3.05, 3.63) is 69.1 Å². The number of nitrogens with one attached hydrogen (secondary N) is 2. The first kappa shape index (κ1) is 17.0. The fraction of sp³-hybridized carbons (Fsp3) is 0.0625. The van der Waals surface area contributed by atoms with Gasteiger partial charge in [-0.15, -0.1) is 0 Å². The molecule has 0 bridgehead atoms. The van der Waals surface area contributed by atoms with Gasteiger partial charge in [-0.3, -0.25) is 9.59 Å². The largest absolute Gasteiger partial charge is 0.417 e. The zero-order valence-corrected chi connectivity index (χ0v) is 13.1. The molecule has 25 heavy (non-hydrogen) atoms. The molecule has 0 aliphatic heterocycles. The van der Waals surface area contributed by atoms with Crippen LogP contribution in [-0.4, -0.2) is 16.1 Å². The molecule has 0 spiro atoms. The molecule has 128 valence electrons. The van der Waals surface area contributed by atoms with E-state index >= 15 is 0 Å². The normalized spacial score (nSPS) is 11.5. The van der Waals surface area contributed by atoms with Crippen LogP contribution in [0.15, 0.2) is 47.3 Å². The maximum absolute atomic E-state index is 13.0. The van der Waals surface area contributed by atoms with Crippen molar-refractivity contribution >= 4 is 34.0 Å². The van der Waals surface area contributed by atoms with Crippen LogP contribution in [0, 0.1) is 0 Å². The van der Waals surface area contributed by atoms with Gasteiger partial charge in [0.1, 0.15) is 0 Å². The van der Waals surface area contributed by atoms with Crippen LogP contribution in [0.5, 0.6) is 0 Å². The second-order valence-corrected chi connectivity index (χ2v) is 5.46. The average molecular weight is 368 g/mol. The van der Waals surface area contributed by atoms with Gasteiger partial charge in [0.05, 0.1) is 16.5 Å². The molecule has 0 aliphatic rings. The number of aromatic amines is 1. The topological polar surface area (TPSA) is 74.8 Å². The molecule has 1 heterocycles. The van der Waals surface area contributed by atoms with Crippen LogP contribution in [-0.2, 0) is 6.18 Å². The van der Waals surface area contributed by atoms with Gasteiger partial charge >= 0.3 is 6.18 Å². The molecule has 0 atom stereocenters. The summed E-state index contributed by atoms with van der Waals surface area (Å²) in [5.74, 6) is -0.929. The fourth-order valence-corrected chi connectivity index (χ4v) is 2.54. The van der Waals surface area contributed by atoms with Gasteiger partial charge < -0.3 is 5.32 Å². The molecule has 1 amide bonds. The molecular weight excluding hydrogens is 359 g/mol. The number of alkyl halides is 3. The molecule has 9 heteroatoms. The number of halogens is 4. The highest BCUT2D eigenvalue weighted by atomic mass is 35.5. The molecule has 3 aromatic rings. The zero-order valence-electron chi connectivity index (χ0n) is 12.3. The molecule has 0 saturated heterocycles. The van der Waals surface area contributed by atoms with Crippen molar-refractivity contribution in [2.45, 2.75) is 6.18 Å². The van der Waals surface area contributed by atoms with Crippen molar-refractivity contribution in [3.63, 3.8) is 0 Å². The summed E-state index contributed by atoms with van der Waals surface area (Å²) in [7, 11) is 0. The summed E-state index contributed by atoms with van der Waals surface area (Å²) < 4.78 is 39.0. The molecule has 0 unspecified atom stereocenters. The van der Waals surface area contributed by atoms with Gasteiger partial charge in [-0.2, -0.15) is 18.3 Å². The van der Waals surface area contributed by atoms with Gasteiger partial charge in [-0.1, -0.05) is 23.7 Å². The minimum Gasteiger partial charge on any atom is -0.322 e. The molecule has 3 rings (SSSR count). The van der Waals surface area contributed by atoms with E-state index in [2.05, 4.69) is 15.5 Å². The van der Waals surface area contributed by atoms with Gasteiger partial charge in [0, 0.05) is 11.1 Å². The fourth-order valence-electron chi connectivity index (χ4n) is 2.34. The van der Waals surface area contributed by atoms with E-state index in [1.807, 2.05) is 0 Å². The molecule has 0 radical (unpaired) electrons. The molecule has 0 saturated carbocycles. The number of benzene rings is 2. The lowest BCUT2D eigenvalue weighted by molar-refractivity contribution is -0.137. The molecule has 2 aromatic carbocycles. The predicted molar refractivity (Wildman–Crippen MR) is 86.8 cm³/mol. The minimum atomic E-state index is -4.65. The summed E-state index contributed by atoms with van der Waals surface area (Å²) in [6.07, 6.45) is -4.65. The Morgan fingerprint density at radius 2 is 1.84 bits per heavy atom. The summed E-state index contributed by atoms with van der Waals surface area (Å²) in [6, 6.07) is 8.61. The number of nitrogens with zero attached hydrogens (tertiary/aromatic N) is 1. The molecular formula is C16H9ClF3N3O2. The Labute approximate surface area is 143 Å². The third-order valence-corrected chi connectivity index (χ3v) is 3.77. The Balaban J connectivity index is 1.99. The van der Waals surface area contributed by atoms with Gasteiger partial charge in [0.25, 0.3) is 11.5 Å². The maximum Gasteiger partial charge on any atom is 0.417 e. The predicted octanol–water partition coefficient (Wildman–Crippen LogP) is 3.85. The number of hydrogen-bond acceptors (Lipinski definition) is 3. The lowest BCUT2D eigenvalue weighted by Crippen LogP contribution is -2.18. The van der Waals surface area contributed by atoms with Gasteiger partial charge in [0.2, 0.25) is 0 Å². The SMILES string of the molecule is O=C(Nc1ccc2c(=O)[nH]nc(Cl)c2c1)c1ccccc1C(F)(F)F. The monoisotopic (exact) mass is 367 g/mol. The number of anilines is 1. The molecule has 1 aromatic heterocycles. The van der Waals surface area contributed by atoms with Crippen molar-refractivity contribution in [1.82, 2.24) is 10.2 Å². The van der Waals surface area contributed by atoms with E-state index in [0.29, 0.717) is 0 Å². The van der Waals surface area contributed by atoms with Crippen LogP contribution in [0.1, 0.15) is 15.9 Å². The summed E-state index contributed by atoms with van der Waals surface area (Å²) in [6.45, 7) is 0. The van der Waals surface area contributed by atoms with Crippen molar-refractivity contribution < 1.29 is 18.0 Å². The first-order chi connectivity index (χ1) is 11.8. The van der Waals surface area contributed by atoms with Crippen molar-refractivity contribution in [3.8, 4) is 0 Å². The van der Waals surface area contributed by atoms with Crippen LogP contribution in [0.2, 0.25) is 5.15 Å². The first-order valence-electron chi connectivity index (χ1n) is 6.93. The third-order valence-electron chi connectivity index (χ3n) is 3.48. The van der Waals surface area contributed by atoms with E-state index in [4.69, 9.17) is 11.6 Å². The first-order valence-corrected chi connectivity index (χ1v) is 7.30. The molecule has 0 aliphatic carbocycles. The minimum absolute atomic E-state index is 0.00129. The number of rotatable bonds is 2. The second-order valence-electron chi connectivity index (χ2n) is 5.10. The lowest BCUT2D eigenvalue weighted by Gasteiger charge is -2.13. The van der Waals surface area contributed by atoms with E-state index in [9.17, 15) is 22.8 Å². The van der Waals surface area contributed by atoms with Gasteiger partial charge in [-0.05, 0) is 30.3 Å². The van der Waals surface area contributed by atoms with Crippen LogP contribution in [0.4, 0.5) is 18.9 Å². The Kier molecular flexibility index (Phi) is 4.22. The highest BCUT2D eigenvalue weighted by molar-refractivity contribution is 6.34. The highest BCUT2D eigenvalue weighted by Crippen LogP contribution is 2.32. The number of amides is 1. The van der Waals surface area contributed by atoms with Crippen molar-refractivity contribution in [2.24, 2.45) is 0 Å². The number of carbonyl (C=O) groups is 1. The number of H-pyrrole nitrogens is 1. The summed E-state index contributed by atoms with van der Waals surface area (Å²) in [5, 5.41) is 8.69. The van der Waals surface area contributed by atoms with Crippen LogP contribution < -0.4 is 10.9 Å². The van der Waals surface area contributed by atoms with Crippen molar-refractivity contribution in [1.29, 1.82) is 0 Å². The molecule has 0 fully saturated rings. The Bertz CT molecular complexity index is 1030. The van der Waals surface area contributed by atoms with E-state index in [1.165, 1.54) is 30.3 Å². The standard InChI is InChI=1S/C16H9ClF3N3O2/c17-13-11-7-8(5-6-9(11)15(25)23-22-13)21-14(24)10-3-1-2-4-12(10)16(18,19)20/h1-7H,(H,21,24)(H,23,25). The summed E-state index contributed by atoms with van der Waals surface area (Å²) in [4.78, 5) is 23.9. The maximum atomic E-state index is 13.0. The average Bonchev–Trinajstić information content (AvgIpc) is 2.57. The van der Waals surface area contributed by atoms with E-state index in [1.54, 1.807) is 0 Å². The number of fused-ring (bicyclic) bond motifs is 1. The van der Waals surface area contributed by atoms with Gasteiger partial charge in [0.15, 0.2) is 5.15 Å². The quantitative estimate of drug-likeness (QED) is 0.722. The van der Waals surface area contributed by atoms with Crippen LogP contribution >= 0.6 is 11.6 Å². The smallest absolute Gasteiger partial charge is 0.322 e. The van der Waals surface area contributed by atoms with E-state index in [-0.39, 0.29) is 21.6 Å². The summed E-state index contributed by atoms with van der Waals surface area (Å²) in [5.41, 5.74) is -1.84. The molecule has 2 N–H and O–H groups in total. The Hall–Kier alpha value is -2.87. The number of hydrogen-bond donors (Lipinski definition) is 2. The zero-order chi connectivity index (χ0) is 18.2. The van der Waals surface area contributed by atoms with E-state index in [0.717, 1.165) is 12.1 Å². The number of aromatic nitrogens is 2. The lowest BCUT2D eigenvalue weighted by atomic mass is 10.1. The second kappa shape index (κ2) is 6.21.